The van der Waals surface area contributed by atoms with Crippen molar-refractivity contribution in [1.29, 1.82) is 0 Å². The quantitative estimate of drug-likeness (QED) is 0.432. The van der Waals surface area contributed by atoms with E-state index in [4.69, 9.17) is 9.47 Å². The van der Waals surface area contributed by atoms with E-state index in [2.05, 4.69) is 53.2 Å². The third kappa shape index (κ3) is 5.53. The lowest BCUT2D eigenvalue weighted by Crippen LogP contribution is -3.06. The van der Waals surface area contributed by atoms with Gasteiger partial charge in [-0.2, -0.15) is 0 Å². The van der Waals surface area contributed by atoms with Gasteiger partial charge in [0, 0.05) is 13.0 Å². The summed E-state index contributed by atoms with van der Waals surface area (Å²) in [5, 5.41) is 12.5. The number of carbonyl (C=O) groups is 1. The van der Waals surface area contributed by atoms with Crippen molar-refractivity contribution in [3.05, 3.63) is 65.5 Å². The van der Waals surface area contributed by atoms with E-state index in [9.17, 15) is 4.79 Å². The van der Waals surface area contributed by atoms with E-state index in [0.29, 0.717) is 18.8 Å². The number of nitrogens with zero attached hydrogens (tertiary/aromatic N) is 3. The topological polar surface area (TPSA) is 82.7 Å². The number of aromatic nitrogens is 3. The molecule has 3 aromatic rings. The number of hydrogen-bond donors (Lipinski definition) is 2. The van der Waals surface area contributed by atoms with E-state index in [0.717, 1.165) is 28.7 Å². The van der Waals surface area contributed by atoms with Gasteiger partial charge in [0.25, 0.3) is 0 Å². The summed E-state index contributed by atoms with van der Waals surface area (Å²) in [6, 6.07) is 16.2. The van der Waals surface area contributed by atoms with Crippen molar-refractivity contribution in [3.63, 3.8) is 0 Å². The Morgan fingerprint density at radius 2 is 1.88 bits per heavy atom. The van der Waals surface area contributed by atoms with Gasteiger partial charge in [0.2, 0.25) is 12.7 Å². The van der Waals surface area contributed by atoms with Crippen LogP contribution in [0.1, 0.15) is 43.3 Å². The number of carbonyl (C=O) groups excluding carboxylic acids is 1. The van der Waals surface area contributed by atoms with Crippen LogP contribution in [0, 0.1) is 0 Å². The van der Waals surface area contributed by atoms with Gasteiger partial charge in [-0.05, 0) is 30.2 Å². The number of amides is 1. The molecule has 0 spiro atoms. The molecule has 2 aromatic carbocycles. The molecule has 0 unspecified atom stereocenters. The standard InChI is InChI=1S/C25H31N5O3S/c1-5-20(29(3)4)23-27-28-25(30(23)15-18-9-7-6-8-10-18)34-17(2)24(31)26-14-19-11-12-21-22(13-19)33-16-32-21/h6-13,17,20H,5,14-16H2,1-4H3,(H,26,31)/p+1/t17-,20+/m1/s1. The van der Waals surface area contributed by atoms with Crippen molar-refractivity contribution in [2.45, 2.75) is 49.8 Å². The van der Waals surface area contributed by atoms with Gasteiger partial charge in [-0.3, -0.25) is 9.36 Å². The van der Waals surface area contributed by atoms with Crippen LogP contribution in [0.25, 0.3) is 0 Å². The molecule has 0 bridgehead atoms. The van der Waals surface area contributed by atoms with Gasteiger partial charge >= 0.3 is 0 Å². The van der Waals surface area contributed by atoms with Crippen LogP contribution < -0.4 is 19.7 Å². The Morgan fingerprint density at radius 3 is 2.62 bits per heavy atom. The van der Waals surface area contributed by atoms with Crippen LogP contribution in [0.4, 0.5) is 0 Å². The molecule has 0 fully saturated rings. The number of nitrogens with one attached hydrogen (secondary N) is 2. The number of quaternary nitrogens is 1. The first kappa shape index (κ1) is 24.1. The molecule has 0 saturated carbocycles. The molecule has 8 nitrogen and oxygen atoms in total. The Labute approximate surface area is 204 Å². The fraction of sp³-hybridized carbons (Fsp3) is 0.400. The van der Waals surface area contributed by atoms with Gasteiger partial charge in [0.05, 0.1) is 25.9 Å². The maximum Gasteiger partial charge on any atom is 0.233 e. The molecule has 4 rings (SSSR count). The number of thioether (sulfide) groups is 1. The first-order valence-electron chi connectivity index (χ1n) is 11.6. The van der Waals surface area contributed by atoms with Crippen LogP contribution >= 0.6 is 11.8 Å². The summed E-state index contributed by atoms with van der Waals surface area (Å²) >= 11 is 1.44. The van der Waals surface area contributed by atoms with Gasteiger partial charge in [0.15, 0.2) is 22.5 Å². The Bertz CT molecular complexity index is 1120. The fourth-order valence-electron chi connectivity index (χ4n) is 4.00. The predicted molar refractivity (Wildman–Crippen MR) is 131 cm³/mol. The largest absolute Gasteiger partial charge is 0.454 e. The van der Waals surface area contributed by atoms with Gasteiger partial charge in [-0.15, -0.1) is 10.2 Å². The molecule has 1 amide bonds. The van der Waals surface area contributed by atoms with Crippen molar-refractivity contribution < 1.29 is 19.2 Å². The lowest BCUT2D eigenvalue weighted by Gasteiger charge is -2.21. The van der Waals surface area contributed by atoms with E-state index in [1.807, 2.05) is 43.3 Å². The summed E-state index contributed by atoms with van der Waals surface area (Å²) < 4.78 is 12.9. The zero-order valence-electron chi connectivity index (χ0n) is 20.1. The molecule has 1 aromatic heterocycles. The SMILES string of the molecule is CC[C@@H](c1nnc(S[C@H](C)C(=O)NCc2ccc3c(c2)OCO3)n1Cc1ccccc1)[NH+](C)C. The first-order chi connectivity index (χ1) is 16.5. The van der Waals surface area contributed by atoms with Crippen molar-refractivity contribution in [2.75, 3.05) is 20.9 Å². The second-order valence-electron chi connectivity index (χ2n) is 8.62. The zero-order chi connectivity index (χ0) is 24.1. The fourth-order valence-corrected chi connectivity index (χ4v) is 4.88. The molecule has 2 atom stereocenters. The van der Waals surface area contributed by atoms with Crippen molar-refractivity contribution >= 4 is 17.7 Å². The minimum Gasteiger partial charge on any atom is -0.454 e. The highest BCUT2D eigenvalue weighted by molar-refractivity contribution is 8.00. The van der Waals surface area contributed by atoms with Gasteiger partial charge < -0.3 is 19.7 Å². The van der Waals surface area contributed by atoms with Crippen LogP contribution in [0.3, 0.4) is 0 Å². The summed E-state index contributed by atoms with van der Waals surface area (Å²) in [5.41, 5.74) is 2.14. The van der Waals surface area contributed by atoms with Crippen LogP contribution in [0.5, 0.6) is 11.5 Å². The Kier molecular flexibility index (Phi) is 7.74. The molecule has 0 radical (unpaired) electrons. The van der Waals surface area contributed by atoms with E-state index in [1.165, 1.54) is 22.2 Å². The molecule has 0 saturated heterocycles. The van der Waals surface area contributed by atoms with Gasteiger partial charge in [-0.25, -0.2) is 0 Å². The maximum absolute atomic E-state index is 12.9. The molecule has 0 aliphatic carbocycles. The minimum absolute atomic E-state index is 0.0521. The number of hydrogen-bond acceptors (Lipinski definition) is 6. The van der Waals surface area contributed by atoms with E-state index < -0.39 is 0 Å². The Balaban J connectivity index is 1.47. The average Bonchev–Trinajstić information content (AvgIpc) is 3.45. The zero-order valence-corrected chi connectivity index (χ0v) is 20.9. The third-order valence-electron chi connectivity index (χ3n) is 5.90. The maximum atomic E-state index is 12.9. The Morgan fingerprint density at radius 1 is 1.12 bits per heavy atom. The molecule has 1 aliphatic rings. The van der Waals surface area contributed by atoms with Crippen molar-refractivity contribution in [1.82, 2.24) is 20.1 Å². The second kappa shape index (κ2) is 10.9. The summed E-state index contributed by atoms with van der Waals surface area (Å²) in [7, 11) is 4.27. The Hall–Kier alpha value is -3.04. The van der Waals surface area contributed by atoms with Crippen molar-refractivity contribution in [3.8, 4) is 11.5 Å². The van der Waals surface area contributed by atoms with Crippen molar-refractivity contribution in [2.24, 2.45) is 0 Å². The summed E-state index contributed by atoms with van der Waals surface area (Å²) in [4.78, 5) is 14.2. The number of rotatable bonds is 10. The van der Waals surface area contributed by atoms with Crippen LogP contribution in [-0.4, -0.2) is 46.8 Å². The van der Waals surface area contributed by atoms with Crippen LogP contribution in [-0.2, 0) is 17.9 Å². The average molecular weight is 483 g/mol. The van der Waals surface area contributed by atoms with Gasteiger partial charge in [0.1, 0.15) is 6.04 Å². The molecule has 2 heterocycles. The van der Waals surface area contributed by atoms with E-state index in [-0.39, 0.29) is 24.0 Å². The summed E-state index contributed by atoms with van der Waals surface area (Å²) in [6.45, 7) is 5.39. The molecule has 2 N–H and O–H groups in total. The number of ether oxygens (including phenoxy) is 2. The molecule has 180 valence electrons. The van der Waals surface area contributed by atoms with Gasteiger partial charge in [-0.1, -0.05) is 55.1 Å². The summed E-state index contributed by atoms with van der Waals surface area (Å²) in [5.74, 6) is 2.34. The monoisotopic (exact) mass is 482 g/mol. The third-order valence-corrected chi connectivity index (χ3v) is 6.98. The molecule has 9 heteroatoms. The summed E-state index contributed by atoms with van der Waals surface area (Å²) in [6.07, 6.45) is 0.950. The van der Waals surface area contributed by atoms with Crippen LogP contribution in [0.15, 0.2) is 53.7 Å². The van der Waals surface area contributed by atoms with Crippen LogP contribution in [0.2, 0.25) is 0 Å². The highest BCUT2D eigenvalue weighted by atomic mass is 32.2. The lowest BCUT2D eigenvalue weighted by atomic mass is 10.2. The smallest absolute Gasteiger partial charge is 0.233 e. The number of benzene rings is 2. The normalized spacial score (nSPS) is 14.3. The molecule has 34 heavy (non-hydrogen) atoms. The lowest BCUT2D eigenvalue weighted by molar-refractivity contribution is -0.893. The second-order valence-corrected chi connectivity index (χ2v) is 9.92. The highest BCUT2D eigenvalue weighted by Crippen LogP contribution is 2.32. The van der Waals surface area contributed by atoms with E-state index >= 15 is 0 Å². The first-order valence-corrected chi connectivity index (χ1v) is 12.4. The predicted octanol–water partition coefficient (Wildman–Crippen LogP) is 2.45. The molecular formula is C25H32N5O3S+. The van der Waals surface area contributed by atoms with E-state index in [1.54, 1.807) is 0 Å². The number of fused-ring (bicyclic) bond motifs is 1. The molecule has 1 aliphatic heterocycles. The minimum atomic E-state index is -0.327. The highest BCUT2D eigenvalue weighted by Gasteiger charge is 2.27. The molecular weight excluding hydrogens is 450 g/mol.